The van der Waals surface area contributed by atoms with Crippen molar-refractivity contribution in [3.8, 4) is 11.6 Å². The van der Waals surface area contributed by atoms with Crippen LogP contribution >= 0.6 is 11.6 Å². The summed E-state index contributed by atoms with van der Waals surface area (Å²) in [6.45, 7) is 6.58. The van der Waals surface area contributed by atoms with Crippen LogP contribution in [0.2, 0.25) is 5.02 Å². The van der Waals surface area contributed by atoms with Crippen molar-refractivity contribution in [3.63, 3.8) is 0 Å². The number of halogens is 1. The average Bonchev–Trinajstić information content (AvgIpc) is 3.11. The fraction of sp³-hybridized carbons (Fsp3) is 0.333. The molecule has 4 rings (SSSR count). The van der Waals surface area contributed by atoms with E-state index in [-0.39, 0.29) is 12.5 Å². The minimum atomic E-state index is -0.0318. The number of ether oxygens (including phenoxy) is 1. The van der Waals surface area contributed by atoms with Crippen molar-refractivity contribution in [1.29, 1.82) is 0 Å². The van der Waals surface area contributed by atoms with Crippen LogP contribution in [-0.4, -0.2) is 63.3 Å². The van der Waals surface area contributed by atoms with E-state index < -0.39 is 0 Å². The Hall–Kier alpha value is -3.13. The molecule has 0 unspecified atom stereocenters. The highest BCUT2D eigenvalue weighted by atomic mass is 35.5. The second-order valence-corrected chi connectivity index (χ2v) is 7.62. The third-order valence-corrected chi connectivity index (χ3v) is 5.25. The van der Waals surface area contributed by atoms with Crippen molar-refractivity contribution in [1.82, 2.24) is 24.6 Å². The minimum absolute atomic E-state index is 0.0111. The molecule has 3 aromatic rings. The molecule has 0 N–H and O–H groups in total. The quantitative estimate of drug-likeness (QED) is 0.624. The van der Waals surface area contributed by atoms with Crippen LogP contribution in [0.3, 0.4) is 0 Å². The summed E-state index contributed by atoms with van der Waals surface area (Å²) in [7, 11) is 0. The molecule has 0 saturated carbocycles. The molecule has 1 saturated heterocycles. The van der Waals surface area contributed by atoms with E-state index in [0.29, 0.717) is 37.0 Å². The molecule has 8 nitrogen and oxygen atoms in total. The first-order valence-corrected chi connectivity index (χ1v) is 10.1. The Morgan fingerprint density at radius 3 is 2.40 bits per heavy atom. The second-order valence-electron chi connectivity index (χ2n) is 7.18. The van der Waals surface area contributed by atoms with Crippen molar-refractivity contribution in [2.45, 2.75) is 13.8 Å². The van der Waals surface area contributed by atoms with Gasteiger partial charge in [0.05, 0.1) is 5.69 Å². The first-order chi connectivity index (χ1) is 14.5. The molecule has 0 atom stereocenters. The number of carbonyl (C=O) groups is 1. The van der Waals surface area contributed by atoms with Crippen molar-refractivity contribution in [2.24, 2.45) is 0 Å². The van der Waals surface area contributed by atoms with Crippen molar-refractivity contribution < 1.29 is 9.53 Å². The normalized spacial score (nSPS) is 14.1. The van der Waals surface area contributed by atoms with Crippen LogP contribution < -0.4 is 9.64 Å². The van der Waals surface area contributed by atoms with Crippen LogP contribution in [0.5, 0.6) is 5.75 Å². The Morgan fingerprint density at radius 1 is 1.03 bits per heavy atom. The molecule has 2 aromatic heterocycles. The van der Waals surface area contributed by atoms with Crippen LogP contribution in [0.1, 0.15) is 11.4 Å². The number of aryl methyl sites for hydroxylation is 2. The largest absolute Gasteiger partial charge is 0.484 e. The number of anilines is 1. The summed E-state index contributed by atoms with van der Waals surface area (Å²) in [6.07, 6.45) is 1.55. The standard InChI is InChI=1S/C21H23ClN6O2/c1-15-11-16(2)28(25-15)20-12-19(23-14-24-20)26-7-9-27(10-8-26)21(29)13-30-18-5-3-17(22)4-6-18/h3-6,11-12,14H,7-10,13H2,1-2H3. The summed E-state index contributed by atoms with van der Waals surface area (Å²) < 4.78 is 7.39. The van der Waals surface area contributed by atoms with Gasteiger partial charge in [-0.05, 0) is 44.2 Å². The van der Waals surface area contributed by atoms with Gasteiger partial charge in [-0.1, -0.05) is 11.6 Å². The van der Waals surface area contributed by atoms with Gasteiger partial charge in [-0.15, -0.1) is 0 Å². The molecular formula is C21H23ClN6O2. The molecule has 1 aliphatic heterocycles. The SMILES string of the molecule is Cc1cc(C)n(-c2cc(N3CCN(C(=O)COc4ccc(Cl)cc4)CC3)ncn2)n1. The third kappa shape index (κ3) is 4.54. The molecule has 30 heavy (non-hydrogen) atoms. The van der Waals surface area contributed by atoms with Crippen LogP contribution in [-0.2, 0) is 4.79 Å². The Bertz CT molecular complexity index is 1030. The van der Waals surface area contributed by atoms with E-state index in [9.17, 15) is 4.79 Å². The Balaban J connectivity index is 1.34. The lowest BCUT2D eigenvalue weighted by Gasteiger charge is -2.35. The maximum absolute atomic E-state index is 12.5. The summed E-state index contributed by atoms with van der Waals surface area (Å²) in [5.74, 6) is 2.16. The average molecular weight is 427 g/mol. The van der Waals surface area contributed by atoms with Crippen molar-refractivity contribution >= 4 is 23.3 Å². The number of amides is 1. The van der Waals surface area contributed by atoms with Crippen molar-refractivity contribution in [3.05, 3.63) is 59.1 Å². The topological polar surface area (TPSA) is 76.4 Å². The lowest BCUT2D eigenvalue weighted by Crippen LogP contribution is -2.50. The van der Waals surface area contributed by atoms with E-state index in [1.54, 1.807) is 30.6 Å². The number of rotatable bonds is 5. The van der Waals surface area contributed by atoms with E-state index in [2.05, 4.69) is 20.0 Å². The fourth-order valence-electron chi connectivity index (χ4n) is 3.44. The first-order valence-electron chi connectivity index (χ1n) is 9.76. The molecule has 0 spiro atoms. The van der Waals surface area contributed by atoms with Crippen LogP contribution in [0, 0.1) is 13.8 Å². The molecule has 0 aliphatic carbocycles. The number of hydrogen-bond donors (Lipinski definition) is 0. The molecule has 0 radical (unpaired) electrons. The predicted molar refractivity (Wildman–Crippen MR) is 114 cm³/mol. The molecule has 1 fully saturated rings. The smallest absolute Gasteiger partial charge is 0.260 e. The third-order valence-electron chi connectivity index (χ3n) is 5.00. The zero-order chi connectivity index (χ0) is 21.1. The van der Waals surface area contributed by atoms with Gasteiger partial charge in [0, 0.05) is 43.0 Å². The summed E-state index contributed by atoms with van der Waals surface area (Å²) in [5.41, 5.74) is 1.97. The number of nitrogens with zero attached hydrogens (tertiary/aromatic N) is 6. The van der Waals surface area contributed by atoms with Gasteiger partial charge in [0.2, 0.25) is 0 Å². The molecule has 1 aliphatic rings. The Labute approximate surface area is 180 Å². The highest BCUT2D eigenvalue weighted by molar-refractivity contribution is 6.30. The molecule has 156 valence electrons. The zero-order valence-electron chi connectivity index (χ0n) is 17.0. The summed E-state index contributed by atoms with van der Waals surface area (Å²) >= 11 is 5.86. The lowest BCUT2D eigenvalue weighted by atomic mass is 10.3. The van der Waals surface area contributed by atoms with Crippen molar-refractivity contribution in [2.75, 3.05) is 37.7 Å². The first kappa shape index (κ1) is 20.2. The van der Waals surface area contributed by atoms with E-state index >= 15 is 0 Å². The monoisotopic (exact) mass is 426 g/mol. The van der Waals surface area contributed by atoms with Gasteiger partial charge in [0.25, 0.3) is 5.91 Å². The zero-order valence-corrected chi connectivity index (χ0v) is 17.7. The van der Waals surface area contributed by atoms with Gasteiger partial charge in [0.15, 0.2) is 12.4 Å². The number of aromatic nitrogens is 4. The van der Waals surface area contributed by atoms with Crippen LogP contribution in [0.25, 0.3) is 5.82 Å². The molecule has 0 bridgehead atoms. The van der Waals surface area contributed by atoms with Gasteiger partial charge in [-0.25, -0.2) is 14.6 Å². The molecular weight excluding hydrogens is 404 g/mol. The summed E-state index contributed by atoms with van der Waals surface area (Å²) in [4.78, 5) is 25.2. The van der Waals surface area contributed by atoms with Crippen LogP contribution in [0.15, 0.2) is 42.7 Å². The van der Waals surface area contributed by atoms with E-state index in [0.717, 1.165) is 23.0 Å². The number of carbonyl (C=O) groups excluding carboxylic acids is 1. The maximum Gasteiger partial charge on any atom is 0.260 e. The fourth-order valence-corrected chi connectivity index (χ4v) is 3.56. The van der Waals surface area contributed by atoms with Gasteiger partial charge >= 0.3 is 0 Å². The maximum atomic E-state index is 12.5. The van der Waals surface area contributed by atoms with Crippen LogP contribution in [0.4, 0.5) is 5.82 Å². The second kappa shape index (κ2) is 8.71. The highest BCUT2D eigenvalue weighted by Crippen LogP contribution is 2.18. The van der Waals surface area contributed by atoms with Gasteiger partial charge in [-0.3, -0.25) is 4.79 Å². The number of piperazine rings is 1. The van der Waals surface area contributed by atoms with Gasteiger partial charge in [-0.2, -0.15) is 5.10 Å². The Morgan fingerprint density at radius 2 is 1.73 bits per heavy atom. The Kier molecular flexibility index (Phi) is 5.85. The number of hydrogen-bond acceptors (Lipinski definition) is 6. The van der Waals surface area contributed by atoms with E-state index in [1.807, 2.05) is 35.6 Å². The number of benzene rings is 1. The minimum Gasteiger partial charge on any atom is -0.484 e. The summed E-state index contributed by atoms with van der Waals surface area (Å²) in [5, 5.41) is 5.12. The van der Waals surface area contributed by atoms with E-state index in [1.165, 1.54) is 0 Å². The van der Waals surface area contributed by atoms with E-state index in [4.69, 9.17) is 16.3 Å². The van der Waals surface area contributed by atoms with Gasteiger partial charge in [0.1, 0.15) is 17.9 Å². The predicted octanol–water partition coefficient (Wildman–Crippen LogP) is 2.66. The molecule has 1 aromatic carbocycles. The molecule has 9 heteroatoms. The molecule has 1 amide bonds. The summed E-state index contributed by atoms with van der Waals surface area (Å²) in [6, 6.07) is 10.9. The lowest BCUT2D eigenvalue weighted by molar-refractivity contribution is -0.133. The van der Waals surface area contributed by atoms with Gasteiger partial charge < -0.3 is 14.5 Å². The highest BCUT2D eigenvalue weighted by Gasteiger charge is 2.22. The molecule has 3 heterocycles.